The molecule has 1 aliphatic heterocycles. The van der Waals surface area contributed by atoms with Gasteiger partial charge in [-0.2, -0.15) is 0 Å². The minimum Gasteiger partial charge on any atom is -0.487 e. The molecule has 2 saturated carbocycles. The lowest BCUT2D eigenvalue weighted by Gasteiger charge is -2.37. The second kappa shape index (κ2) is 6.56. The number of likely N-dealkylation sites (tertiary alicyclic amines) is 1. The minimum absolute atomic E-state index is 0.00790. The van der Waals surface area contributed by atoms with E-state index in [4.69, 9.17) is 10.5 Å². The molecule has 1 saturated heterocycles. The summed E-state index contributed by atoms with van der Waals surface area (Å²) in [7, 11) is 0. The molecule has 25 heavy (non-hydrogen) atoms. The number of carbonyl (C=O) groups is 1. The highest BCUT2D eigenvalue weighted by atomic mass is 19.1. The largest absolute Gasteiger partial charge is 0.487 e. The molecule has 4 rings (SSSR count). The predicted octanol–water partition coefficient (Wildman–Crippen LogP) is 2.71. The van der Waals surface area contributed by atoms with Crippen LogP contribution in [0.5, 0.6) is 5.75 Å². The fourth-order valence-corrected chi connectivity index (χ4v) is 4.86. The minimum atomic E-state index is -0.688. The molecule has 2 bridgehead atoms. The Balaban J connectivity index is 1.33. The molecule has 0 aromatic heterocycles. The first kappa shape index (κ1) is 16.8. The Labute approximate surface area is 146 Å². The molecule has 3 aliphatic rings. The summed E-state index contributed by atoms with van der Waals surface area (Å²) in [4.78, 5) is 14.8. The van der Waals surface area contributed by atoms with Crippen molar-refractivity contribution in [2.24, 2.45) is 23.5 Å². The normalized spacial score (nSPS) is 32.2. The predicted molar refractivity (Wildman–Crippen MR) is 88.9 cm³/mol. The Hall–Kier alpha value is -1.69. The van der Waals surface area contributed by atoms with Gasteiger partial charge in [0.05, 0.1) is 5.92 Å². The van der Waals surface area contributed by atoms with Crippen molar-refractivity contribution in [3.05, 3.63) is 29.8 Å². The molecule has 6 heteroatoms. The van der Waals surface area contributed by atoms with Crippen LogP contribution in [0.3, 0.4) is 0 Å². The second-order valence-electron chi connectivity index (χ2n) is 7.65. The summed E-state index contributed by atoms with van der Waals surface area (Å²) in [6.07, 6.45) is 4.53. The van der Waals surface area contributed by atoms with Crippen LogP contribution in [-0.4, -0.2) is 36.0 Å². The van der Waals surface area contributed by atoms with Crippen molar-refractivity contribution in [2.45, 2.75) is 44.2 Å². The standard InChI is InChI=1S/C19H24F2N2O2/c20-13-3-4-16(15(21)10-13)25-14-5-7-23(8-6-14)19(24)17-11-1-2-12(9-11)18(17)22/h3-4,10-12,14,17-18H,1-2,5-9,22H2. The van der Waals surface area contributed by atoms with Crippen LogP contribution in [0.15, 0.2) is 18.2 Å². The van der Waals surface area contributed by atoms with Crippen LogP contribution in [0.1, 0.15) is 32.1 Å². The Morgan fingerprint density at radius 1 is 1.12 bits per heavy atom. The van der Waals surface area contributed by atoms with Crippen molar-refractivity contribution in [1.82, 2.24) is 4.90 Å². The maximum Gasteiger partial charge on any atom is 0.227 e. The van der Waals surface area contributed by atoms with E-state index in [1.807, 2.05) is 4.90 Å². The van der Waals surface area contributed by atoms with Gasteiger partial charge in [0.1, 0.15) is 11.9 Å². The molecule has 0 radical (unpaired) electrons. The van der Waals surface area contributed by atoms with Gasteiger partial charge in [0.25, 0.3) is 0 Å². The van der Waals surface area contributed by atoms with Crippen LogP contribution in [0, 0.1) is 29.4 Å². The average molecular weight is 350 g/mol. The summed E-state index contributed by atoms with van der Waals surface area (Å²) in [6.45, 7) is 1.21. The lowest BCUT2D eigenvalue weighted by Crippen LogP contribution is -2.50. The SMILES string of the molecule is NC1C2CCC(C2)C1C(=O)N1CCC(Oc2ccc(F)cc2F)CC1. The molecule has 2 aliphatic carbocycles. The molecule has 1 aromatic rings. The number of amides is 1. The lowest BCUT2D eigenvalue weighted by atomic mass is 9.83. The Morgan fingerprint density at radius 2 is 1.84 bits per heavy atom. The van der Waals surface area contributed by atoms with Gasteiger partial charge in [-0.3, -0.25) is 4.79 Å². The zero-order valence-corrected chi connectivity index (χ0v) is 14.2. The smallest absolute Gasteiger partial charge is 0.227 e. The number of halogens is 2. The van der Waals surface area contributed by atoms with Crippen LogP contribution in [-0.2, 0) is 4.79 Å². The Bertz CT molecular complexity index is 659. The summed E-state index contributed by atoms with van der Waals surface area (Å²) < 4.78 is 32.3. The number of carbonyl (C=O) groups excluding carboxylic acids is 1. The summed E-state index contributed by atoms with van der Waals surface area (Å²) in [6, 6.07) is 3.34. The van der Waals surface area contributed by atoms with E-state index in [0.717, 1.165) is 25.3 Å². The quantitative estimate of drug-likeness (QED) is 0.912. The third-order valence-corrected chi connectivity index (χ3v) is 6.21. The fourth-order valence-electron chi connectivity index (χ4n) is 4.86. The van der Waals surface area contributed by atoms with Gasteiger partial charge in [0.15, 0.2) is 11.6 Å². The molecule has 2 N–H and O–H groups in total. The van der Waals surface area contributed by atoms with Gasteiger partial charge >= 0.3 is 0 Å². The van der Waals surface area contributed by atoms with Crippen molar-refractivity contribution in [3.8, 4) is 5.75 Å². The number of ether oxygens (including phenoxy) is 1. The first-order valence-corrected chi connectivity index (χ1v) is 9.19. The molecule has 1 amide bonds. The first-order chi connectivity index (χ1) is 12.0. The molecule has 136 valence electrons. The van der Waals surface area contributed by atoms with Gasteiger partial charge < -0.3 is 15.4 Å². The molecule has 1 heterocycles. The molecule has 3 fully saturated rings. The van der Waals surface area contributed by atoms with Crippen molar-refractivity contribution < 1.29 is 18.3 Å². The number of rotatable bonds is 3. The number of benzene rings is 1. The van der Waals surface area contributed by atoms with Crippen molar-refractivity contribution in [3.63, 3.8) is 0 Å². The maximum atomic E-state index is 13.7. The number of hydrogen-bond donors (Lipinski definition) is 1. The van der Waals surface area contributed by atoms with E-state index in [-0.39, 0.29) is 29.7 Å². The highest BCUT2D eigenvalue weighted by Crippen LogP contribution is 2.48. The third-order valence-electron chi connectivity index (χ3n) is 6.21. The van der Waals surface area contributed by atoms with Crippen LogP contribution < -0.4 is 10.5 Å². The van der Waals surface area contributed by atoms with Gasteiger partial charge in [0.2, 0.25) is 5.91 Å². The molecule has 1 aromatic carbocycles. The number of nitrogens with zero attached hydrogens (tertiary/aromatic N) is 1. The third kappa shape index (κ3) is 3.12. The molecule has 4 nitrogen and oxygen atoms in total. The van der Waals surface area contributed by atoms with Crippen LogP contribution in [0.25, 0.3) is 0 Å². The molecule has 4 atom stereocenters. The summed E-state index contributed by atoms with van der Waals surface area (Å²) in [5.74, 6) is -0.104. The molecular formula is C19H24F2N2O2. The topological polar surface area (TPSA) is 55.6 Å². The van der Waals surface area contributed by atoms with E-state index >= 15 is 0 Å². The van der Waals surface area contributed by atoms with Gasteiger partial charge in [-0.1, -0.05) is 0 Å². The van der Waals surface area contributed by atoms with Crippen LogP contribution in [0.2, 0.25) is 0 Å². The number of hydrogen-bond acceptors (Lipinski definition) is 3. The second-order valence-corrected chi connectivity index (χ2v) is 7.65. The zero-order chi connectivity index (χ0) is 17.6. The Morgan fingerprint density at radius 3 is 2.48 bits per heavy atom. The summed E-state index contributed by atoms with van der Waals surface area (Å²) in [5, 5.41) is 0. The van der Waals surface area contributed by atoms with E-state index in [1.165, 1.54) is 12.1 Å². The highest BCUT2D eigenvalue weighted by Gasteiger charge is 2.50. The number of piperidine rings is 1. The summed E-state index contributed by atoms with van der Waals surface area (Å²) >= 11 is 0. The van der Waals surface area contributed by atoms with E-state index in [2.05, 4.69) is 0 Å². The van der Waals surface area contributed by atoms with Gasteiger partial charge in [0, 0.05) is 38.0 Å². The average Bonchev–Trinajstić information content (AvgIpc) is 3.19. The molecular weight excluding hydrogens is 326 g/mol. The zero-order valence-electron chi connectivity index (χ0n) is 14.2. The lowest BCUT2D eigenvalue weighted by molar-refractivity contribution is -0.139. The maximum absolute atomic E-state index is 13.7. The van der Waals surface area contributed by atoms with E-state index in [0.29, 0.717) is 37.8 Å². The van der Waals surface area contributed by atoms with Crippen LogP contribution in [0.4, 0.5) is 8.78 Å². The highest BCUT2D eigenvalue weighted by molar-refractivity contribution is 5.80. The van der Waals surface area contributed by atoms with Crippen molar-refractivity contribution in [2.75, 3.05) is 13.1 Å². The van der Waals surface area contributed by atoms with Gasteiger partial charge in [-0.15, -0.1) is 0 Å². The van der Waals surface area contributed by atoms with Gasteiger partial charge in [-0.25, -0.2) is 8.78 Å². The van der Waals surface area contributed by atoms with E-state index < -0.39 is 11.6 Å². The first-order valence-electron chi connectivity index (χ1n) is 9.19. The van der Waals surface area contributed by atoms with E-state index in [9.17, 15) is 13.6 Å². The van der Waals surface area contributed by atoms with E-state index in [1.54, 1.807) is 0 Å². The molecule has 0 spiro atoms. The number of nitrogens with two attached hydrogens (primary N) is 1. The number of fused-ring (bicyclic) bond motifs is 2. The summed E-state index contributed by atoms with van der Waals surface area (Å²) in [5.41, 5.74) is 6.29. The van der Waals surface area contributed by atoms with Crippen molar-refractivity contribution in [1.29, 1.82) is 0 Å². The van der Waals surface area contributed by atoms with Crippen molar-refractivity contribution >= 4 is 5.91 Å². The Kier molecular flexibility index (Phi) is 4.40. The van der Waals surface area contributed by atoms with Gasteiger partial charge in [-0.05, 0) is 43.2 Å². The fraction of sp³-hybridized carbons (Fsp3) is 0.632. The molecule has 4 unspecified atom stereocenters. The van der Waals surface area contributed by atoms with Crippen LogP contribution >= 0.6 is 0 Å². The monoisotopic (exact) mass is 350 g/mol.